The zero-order valence-electron chi connectivity index (χ0n) is 10.9. The van der Waals surface area contributed by atoms with E-state index in [0.717, 1.165) is 24.6 Å². The molecule has 1 aliphatic carbocycles. The molecule has 2 heterocycles. The highest BCUT2D eigenvalue weighted by molar-refractivity contribution is 5.53. The molecule has 2 aromatic heterocycles. The number of hydrogen-bond acceptors (Lipinski definition) is 5. The van der Waals surface area contributed by atoms with E-state index >= 15 is 0 Å². The Morgan fingerprint density at radius 3 is 3.00 bits per heavy atom. The predicted molar refractivity (Wildman–Crippen MR) is 69.6 cm³/mol. The molecule has 1 fully saturated rings. The summed E-state index contributed by atoms with van der Waals surface area (Å²) in [5.41, 5.74) is 0.655. The molecule has 2 atom stereocenters. The maximum atomic E-state index is 9.41. The van der Waals surface area contributed by atoms with Crippen molar-refractivity contribution in [3.8, 4) is 17.2 Å². The van der Waals surface area contributed by atoms with Crippen LogP contribution in [0.3, 0.4) is 0 Å². The van der Waals surface area contributed by atoms with Crippen molar-refractivity contribution in [2.75, 3.05) is 0 Å². The van der Waals surface area contributed by atoms with Crippen molar-refractivity contribution in [2.24, 2.45) is 5.92 Å². The average molecular weight is 259 g/mol. The van der Waals surface area contributed by atoms with E-state index in [0.29, 0.717) is 17.4 Å². The molecule has 100 valence electrons. The van der Waals surface area contributed by atoms with E-state index in [9.17, 15) is 5.11 Å². The second-order valence-electron chi connectivity index (χ2n) is 5.36. The minimum atomic E-state index is 0.100. The fourth-order valence-electron chi connectivity index (χ4n) is 2.73. The quantitative estimate of drug-likeness (QED) is 0.897. The van der Waals surface area contributed by atoms with Gasteiger partial charge < -0.3 is 9.63 Å². The zero-order valence-corrected chi connectivity index (χ0v) is 10.9. The molecule has 2 aromatic rings. The molecule has 1 N–H and O–H groups in total. The van der Waals surface area contributed by atoms with Gasteiger partial charge >= 0.3 is 0 Å². The van der Waals surface area contributed by atoms with E-state index in [1.54, 1.807) is 12.3 Å². The van der Waals surface area contributed by atoms with Crippen LogP contribution in [0.4, 0.5) is 0 Å². The van der Waals surface area contributed by atoms with E-state index < -0.39 is 0 Å². The van der Waals surface area contributed by atoms with Crippen molar-refractivity contribution in [3.63, 3.8) is 0 Å². The van der Waals surface area contributed by atoms with Gasteiger partial charge in [-0.1, -0.05) is 24.9 Å². The zero-order chi connectivity index (χ0) is 13.2. The van der Waals surface area contributed by atoms with Gasteiger partial charge in [-0.25, -0.2) is 0 Å². The van der Waals surface area contributed by atoms with Gasteiger partial charge in [-0.3, -0.25) is 4.98 Å². The molecule has 5 nitrogen and oxygen atoms in total. The Balaban J connectivity index is 1.83. The first-order chi connectivity index (χ1) is 9.22. The lowest BCUT2D eigenvalue weighted by atomic mass is 9.82. The monoisotopic (exact) mass is 259 g/mol. The molecule has 5 heteroatoms. The average Bonchev–Trinajstić information content (AvgIpc) is 2.88. The Hall–Kier alpha value is -1.91. The van der Waals surface area contributed by atoms with Crippen molar-refractivity contribution >= 4 is 0 Å². The number of aromatic nitrogens is 3. The number of hydrogen-bond donors (Lipinski definition) is 1. The first kappa shape index (κ1) is 12.1. The third-order valence-corrected chi connectivity index (χ3v) is 3.71. The van der Waals surface area contributed by atoms with E-state index in [4.69, 9.17) is 4.52 Å². The fourth-order valence-corrected chi connectivity index (χ4v) is 2.73. The number of pyridine rings is 1. The minimum Gasteiger partial charge on any atom is -0.506 e. The highest BCUT2D eigenvalue weighted by atomic mass is 16.5. The molecular formula is C14H17N3O2. The normalized spacial score (nSPS) is 23.4. The predicted octanol–water partition coefficient (Wildman–Crippen LogP) is 3.13. The largest absolute Gasteiger partial charge is 0.506 e. The van der Waals surface area contributed by atoms with Crippen LogP contribution in [0, 0.1) is 5.92 Å². The van der Waals surface area contributed by atoms with Gasteiger partial charge in [0.2, 0.25) is 0 Å². The summed E-state index contributed by atoms with van der Waals surface area (Å²) in [6, 6.07) is 1.58. The van der Waals surface area contributed by atoms with Crippen molar-refractivity contribution in [1.29, 1.82) is 0 Å². The number of rotatable bonds is 2. The summed E-state index contributed by atoms with van der Waals surface area (Å²) in [5.74, 6) is 2.43. The molecular weight excluding hydrogens is 242 g/mol. The Morgan fingerprint density at radius 1 is 1.32 bits per heavy atom. The Kier molecular flexibility index (Phi) is 3.19. The van der Waals surface area contributed by atoms with Gasteiger partial charge in [-0.15, -0.1) is 0 Å². The Labute approximate surface area is 111 Å². The molecule has 0 spiro atoms. The summed E-state index contributed by atoms with van der Waals surface area (Å²) < 4.78 is 5.28. The first-order valence-corrected chi connectivity index (χ1v) is 6.70. The van der Waals surface area contributed by atoms with Crippen LogP contribution < -0.4 is 0 Å². The van der Waals surface area contributed by atoms with Crippen LogP contribution in [0.15, 0.2) is 23.0 Å². The summed E-state index contributed by atoms with van der Waals surface area (Å²) in [6.45, 7) is 2.27. The van der Waals surface area contributed by atoms with E-state index in [1.807, 2.05) is 0 Å². The van der Waals surface area contributed by atoms with E-state index in [1.165, 1.54) is 19.0 Å². The van der Waals surface area contributed by atoms with Crippen LogP contribution in [-0.4, -0.2) is 20.2 Å². The first-order valence-electron chi connectivity index (χ1n) is 6.70. The van der Waals surface area contributed by atoms with Crippen LogP contribution in [0.1, 0.15) is 44.3 Å². The number of nitrogens with zero attached hydrogens (tertiary/aromatic N) is 3. The van der Waals surface area contributed by atoms with Gasteiger partial charge in [0.25, 0.3) is 5.89 Å². The molecule has 0 radical (unpaired) electrons. The Morgan fingerprint density at radius 2 is 2.21 bits per heavy atom. The molecule has 0 amide bonds. The van der Waals surface area contributed by atoms with E-state index in [2.05, 4.69) is 22.0 Å². The molecule has 19 heavy (non-hydrogen) atoms. The number of aromatic hydroxyl groups is 1. The van der Waals surface area contributed by atoms with Gasteiger partial charge in [0.15, 0.2) is 5.82 Å². The molecule has 2 unspecified atom stereocenters. The highest BCUT2D eigenvalue weighted by Crippen LogP contribution is 2.35. The minimum absolute atomic E-state index is 0.100. The van der Waals surface area contributed by atoms with Crippen LogP contribution in [0.5, 0.6) is 5.75 Å². The van der Waals surface area contributed by atoms with Crippen LogP contribution >= 0.6 is 0 Å². The van der Waals surface area contributed by atoms with Crippen molar-refractivity contribution < 1.29 is 9.63 Å². The lowest BCUT2D eigenvalue weighted by molar-refractivity contribution is 0.324. The summed E-state index contributed by atoms with van der Waals surface area (Å²) >= 11 is 0. The maximum absolute atomic E-state index is 9.41. The lowest BCUT2D eigenvalue weighted by Gasteiger charge is -2.23. The van der Waals surface area contributed by atoms with Crippen LogP contribution in [-0.2, 0) is 0 Å². The standard InChI is InChI=1S/C14H17N3O2/c1-9-3-2-4-10(5-9)13-16-14(19-17-13)11-6-12(18)8-15-7-11/h6-10,18H,2-5H2,1H3. The smallest absolute Gasteiger partial charge is 0.259 e. The molecule has 0 bridgehead atoms. The molecule has 1 aliphatic rings. The van der Waals surface area contributed by atoms with Crippen molar-refractivity contribution in [2.45, 2.75) is 38.5 Å². The van der Waals surface area contributed by atoms with Gasteiger partial charge in [-0.2, -0.15) is 4.98 Å². The van der Waals surface area contributed by atoms with Gasteiger partial charge in [0.1, 0.15) is 5.75 Å². The summed E-state index contributed by atoms with van der Waals surface area (Å²) in [5, 5.41) is 13.5. The van der Waals surface area contributed by atoms with Crippen molar-refractivity contribution in [1.82, 2.24) is 15.1 Å². The van der Waals surface area contributed by atoms with E-state index in [-0.39, 0.29) is 5.75 Å². The topological polar surface area (TPSA) is 72.0 Å². The highest BCUT2D eigenvalue weighted by Gasteiger charge is 2.24. The molecule has 0 saturated heterocycles. The second-order valence-corrected chi connectivity index (χ2v) is 5.36. The summed E-state index contributed by atoms with van der Waals surface area (Å²) in [7, 11) is 0. The fraction of sp³-hybridized carbons (Fsp3) is 0.500. The van der Waals surface area contributed by atoms with Crippen LogP contribution in [0.2, 0.25) is 0 Å². The van der Waals surface area contributed by atoms with Crippen molar-refractivity contribution in [3.05, 3.63) is 24.3 Å². The van der Waals surface area contributed by atoms with Gasteiger partial charge in [-0.05, 0) is 24.8 Å². The van der Waals surface area contributed by atoms with Crippen LogP contribution in [0.25, 0.3) is 11.5 Å². The maximum Gasteiger partial charge on any atom is 0.259 e. The molecule has 0 aromatic carbocycles. The lowest BCUT2D eigenvalue weighted by Crippen LogP contribution is -2.12. The second kappa shape index (κ2) is 4.99. The summed E-state index contributed by atoms with van der Waals surface area (Å²) in [4.78, 5) is 8.37. The molecule has 1 saturated carbocycles. The third kappa shape index (κ3) is 2.59. The SMILES string of the molecule is CC1CCCC(c2noc(-c3cncc(O)c3)n2)C1. The summed E-state index contributed by atoms with van der Waals surface area (Å²) in [6.07, 6.45) is 7.75. The molecule has 3 rings (SSSR count). The van der Waals surface area contributed by atoms with Gasteiger partial charge in [0, 0.05) is 12.1 Å². The third-order valence-electron chi connectivity index (χ3n) is 3.71. The molecule has 0 aliphatic heterocycles. The Bertz CT molecular complexity index is 567. The van der Waals surface area contributed by atoms with Gasteiger partial charge in [0.05, 0.1) is 11.8 Å².